The van der Waals surface area contributed by atoms with Crippen molar-refractivity contribution in [3.05, 3.63) is 29.6 Å². The number of fused-ring (bicyclic) bond motifs is 1. The van der Waals surface area contributed by atoms with E-state index in [1.54, 1.807) is 6.07 Å². The summed E-state index contributed by atoms with van der Waals surface area (Å²) in [7, 11) is -4.00. The van der Waals surface area contributed by atoms with Crippen molar-refractivity contribution in [3.63, 3.8) is 0 Å². The van der Waals surface area contributed by atoms with Crippen molar-refractivity contribution in [2.24, 2.45) is 0 Å². The third kappa shape index (κ3) is 2.47. The Hall–Kier alpha value is -2.08. The van der Waals surface area contributed by atoms with Crippen molar-refractivity contribution in [3.8, 4) is 6.07 Å². The van der Waals surface area contributed by atoms with Crippen LogP contribution < -0.4 is 0 Å². The topological polar surface area (TPSA) is 75.8 Å². The molecule has 0 aliphatic carbocycles. The number of imidazole rings is 1. The summed E-state index contributed by atoms with van der Waals surface area (Å²) >= 11 is 0. The van der Waals surface area contributed by atoms with Crippen LogP contribution in [0.15, 0.2) is 18.2 Å². The zero-order chi connectivity index (χ0) is 16.0. The Morgan fingerprint density at radius 1 is 1.33 bits per heavy atom. The maximum atomic E-state index is 12.7. The minimum atomic E-state index is -4.61. The number of halogens is 3. The molecular weight excluding hydrogens is 307 g/mol. The van der Waals surface area contributed by atoms with Crippen LogP contribution in [0.5, 0.6) is 0 Å². The maximum absolute atomic E-state index is 12.7. The van der Waals surface area contributed by atoms with E-state index >= 15 is 0 Å². The molecule has 0 radical (unpaired) electrons. The number of benzene rings is 1. The normalized spacial score (nSPS) is 12.8. The van der Waals surface area contributed by atoms with E-state index in [9.17, 15) is 21.6 Å². The van der Waals surface area contributed by atoms with E-state index in [4.69, 9.17) is 5.26 Å². The van der Waals surface area contributed by atoms with E-state index < -0.39 is 32.8 Å². The highest BCUT2D eigenvalue weighted by molar-refractivity contribution is 7.90. The van der Waals surface area contributed by atoms with E-state index in [0.29, 0.717) is 10.0 Å². The summed E-state index contributed by atoms with van der Waals surface area (Å²) in [5, 5.41) is 8.07. The van der Waals surface area contributed by atoms with Crippen molar-refractivity contribution in [1.82, 2.24) is 8.96 Å². The highest BCUT2D eigenvalue weighted by atomic mass is 32.2. The van der Waals surface area contributed by atoms with Crippen LogP contribution in [0, 0.1) is 11.3 Å². The third-order valence-electron chi connectivity index (χ3n) is 2.89. The fourth-order valence-electron chi connectivity index (χ4n) is 1.77. The third-order valence-corrected chi connectivity index (χ3v) is 4.96. The van der Waals surface area contributed by atoms with Crippen LogP contribution in [-0.2, 0) is 16.2 Å². The standard InChI is InChI=1S/C12H10F3N3O2S/c1-7(2)21(19,20)18-10-5-8(12(13,14)15)3-4-9(10)17-11(18)6-16/h3-5,7H,1-2H3. The second-order valence-corrected chi connectivity index (χ2v) is 6.94. The van der Waals surface area contributed by atoms with Crippen molar-refractivity contribution < 1.29 is 21.6 Å². The molecule has 0 saturated carbocycles. The average Bonchev–Trinajstić information content (AvgIpc) is 2.75. The van der Waals surface area contributed by atoms with Gasteiger partial charge in [-0.05, 0) is 32.0 Å². The molecule has 0 spiro atoms. The summed E-state index contributed by atoms with van der Waals surface area (Å²) in [4.78, 5) is 3.76. The lowest BCUT2D eigenvalue weighted by Gasteiger charge is -2.11. The first-order valence-electron chi connectivity index (χ1n) is 5.83. The smallest absolute Gasteiger partial charge is 0.218 e. The van der Waals surface area contributed by atoms with E-state index in [2.05, 4.69) is 4.98 Å². The molecule has 1 heterocycles. The van der Waals surface area contributed by atoms with E-state index in [-0.39, 0.29) is 11.0 Å². The van der Waals surface area contributed by atoms with Gasteiger partial charge in [-0.3, -0.25) is 0 Å². The molecule has 0 saturated heterocycles. The predicted octanol–water partition coefficient (Wildman–Crippen LogP) is 2.51. The molecule has 0 bridgehead atoms. The highest BCUT2D eigenvalue weighted by Crippen LogP contribution is 2.32. The fourth-order valence-corrected chi connectivity index (χ4v) is 2.93. The van der Waals surface area contributed by atoms with Gasteiger partial charge in [-0.25, -0.2) is 17.4 Å². The molecule has 1 aromatic carbocycles. The quantitative estimate of drug-likeness (QED) is 0.853. The number of hydrogen-bond donors (Lipinski definition) is 0. The van der Waals surface area contributed by atoms with Crippen LogP contribution in [0.1, 0.15) is 25.2 Å². The SMILES string of the molecule is CC(C)S(=O)(=O)n1c(C#N)nc2ccc(C(F)(F)F)cc21. The molecular formula is C12H10F3N3O2S. The lowest BCUT2D eigenvalue weighted by molar-refractivity contribution is -0.137. The number of alkyl halides is 3. The van der Waals surface area contributed by atoms with Gasteiger partial charge in [0, 0.05) is 0 Å². The van der Waals surface area contributed by atoms with Gasteiger partial charge in [0.2, 0.25) is 15.8 Å². The van der Waals surface area contributed by atoms with E-state index in [0.717, 1.165) is 12.1 Å². The molecule has 0 N–H and O–H groups in total. The molecule has 0 fully saturated rings. The molecule has 0 amide bonds. The Bertz CT molecular complexity index is 845. The van der Waals surface area contributed by atoms with Gasteiger partial charge in [-0.2, -0.15) is 18.4 Å². The Labute approximate surface area is 118 Å². The van der Waals surface area contributed by atoms with Crippen LogP contribution in [0.2, 0.25) is 0 Å². The molecule has 2 aromatic rings. The summed E-state index contributed by atoms with van der Waals surface area (Å²) in [6.45, 7) is 2.74. The molecule has 21 heavy (non-hydrogen) atoms. The number of rotatable bonds is 2. The highest BCUT2D eigenvalue weighted by Gasteiger charge is 2.32. The van der Waals surface area contributed by atoms with Crippen LogP contribution >= 0.6 is 0 Å². The van der Waals surface area contributed by atoms with Gasteiger partial charge in [0.1, 0.15) is 6.07 Å². The van der Waals surface area contributed by atoms with Crippen LogP contribution in [-0.4, -0.2) is 22.6 Å². The minimum Gasteiger partial charge on any atom is -0.218 e. The Balaban J connectivity index is 2.89. The van der Waals surface area contributed by atoms with Crippen LogP contribution in [0.4, 0.5) is 13.2 Å². The van der Waals surface area contributed by atoms with Crippen molar-refractivity contribution in [2.75, 3.05) is 0 Å². The maximum Gasteiger partial charge on any atom is 0.416 e. The predicted molar refractivity (Wildman–Crippen MR) is 68.9 cm³/mol. The number of aromatic nitrogens is 2. The molecule has 0 unspecified atom stereocenters. The van der Waals surface area contributed by atoms with Crippen LogP contribution in [0.25, 0.3) is 11.0 Å². The molecule has 9 heteroatoms. The van der Waals surface area contributed by atoms with Crippen molar-refractivity contribution in [2.45, 2.75) is 25.3 Å². The molecule has 0 aliphatic rings. The van der Waals surface area contributed by atoms with E-state index in [1.165, 1.54) is 13.8 Å². The molecule has 5 nitrogen and oxygen atoms in total. The first kappa shape index (κ1) is 15.3. The Morgan fingerprint density at radius 3 is 2.43 bits per heavy atom. The second kappa shape index (κ2) is 4.73. The first-order valence-corrected chi connectivity index (χ1v) is 7.33. The van der Waals surface area contributed by atoms with Gasteiger partial charge in [0.25, 0.3) is 0 Å². The molecule has 2 rings (SSSR count). The number of nitriles is 1. The van der Waals surface area contributed by atoms with Crippen molar-refractivity contribution >= 4 is 21.1 Å². The summed E-state index contributed by atoms with van der Waals surface area (Å²) in [6, 6.07) is 4.12. The van der Waals surface area contributed by atoms with Gasteiger partial charge in [-0.1, -0.05) is 0 Å². The van der Waals surface area contributed by atoms with Gasteiger partial charge >= 0.3 is 6.18 Å². The Morgan fingerprint density at radius 2 is 1.95 bits per heavy atom. The number of hydrogen-bond acceptors (Lipinski definition) is 4. The van der Waals surface area contributed by atoms with Gasteiger partial charge < -0.3 is 0 Å². The van der Waals surface area contributed by atoms with E-state index in [1.807, 2.05) is 0 Å². The lowest BCUT2D eigenvalue weighted by Crippen LogP contribution is -2.23. The molecule has 0 aliphatic heterocycles. The molecule has 0 atom stereocenters. The van der Waals surface area contributed by atoms with Gasteiger partial charge in [-0.15, -0.1) is 0 Å². The minimum absolute atomic E-state index is 0.0174. The number of nitrogens with zero attached hydrogens (tertiary/aromatic N) is 3. The lowest BCUT2D eigenvalue weighted by atomic mass is 10.2. The molecule has 112 valence electrons. The zero-order valence-corrected chi connectivity index (χ0v) is 11.8. The zero-order valence-electron chi connectivity index (χ0n) is 11.0. The van der Waals surface area contributed by atoms with Gasteiger partial charge in [0.15, 0.2) is 0 Å². The summed E-state index contributed by atoms with van der Waals surface area (Å²) < 4.78 is 63.3. The molecule has 1 aromatic heterocycles. The second-order valence-electron chi connectivity index (χ2n) is 4.61. The average molecular weight is 317 g/mol. The largest absolute Gasteiger partial charge is 0.416 e. The van der Waals surface area contributed by atoms with Crippen LogP contribution in [0.3, 0.4) is 0 Å². The van der Waals surface area contributed by atoms with Gasteiger partial charge in [0.05, 0.1) is 21.8 Å². The van der Waals surface area contributed by atoms with Crippen molar-refractivity contribution in [1.29, 1.82) is 5.26 Å². The summed E-state index contributed by atoms with van der Waals surface area (Å²) in [6.07, 6.45) is -4.61. The first-order chi connectivity index (χ1) is 9.59. The Kier molecular flexibility index (Phi) is 3.45. The summed E-state index contributed by atoms with van der Waals surface area (Å²) in [5.41, 5.74) is -1.24. The fraction of sp³-hybridized carbons (Fsp3) is 0.333. The monoisotopic (exact) mass is 317 g/mol. The summed E-state index contributed by atoms with van der Waals surface area (Å²) in [5.74, 6) is -0.460.